The normalized spacial score (nSPS) is 11.7. The largest absolute Gasteiger partial charge is 0.469 e. The third-order valence-electron chi connectivity index (χ3n) is 3.94. The monoisotopic (exact) mass is 367 g/mol. The van der Waals surface area contributed by atoms with Gasteiger partial charge in [0.05, 0.1) is 29.4 Å². The van der Waals surface area contributed by atoms with Gasteiger partial charge in [-0.25, -0.2) is 0 Å². The number of aryl methyl sites for hydroxylation is 1. The number of amides is 2. The first-order valence-electron chi connectivity index (χ1n) is 8.07. The number of primary amides is 1. The van der Waals surface area contributed by atoms with E-state index in [1.54, 1.807) is 43.6 Å². The summed E-state index contributed by atoms with van der Waals surface area (Å²) in [5, 5.41) is 6.64. The lowest BCUT2D eigenvalue weighted by atomic mass is 10.1. The number of rotatable bonds is 7. The van der Waals surface area contributed by atoms with Crippen molar-refractivity contribution in [2.45, 2.75) is 12.5 Å². The number of pyridine rings is 1. The van der Waals surface area contributed by atoms with Gasteiger partial charge in [0, 0.05) is 19.7 Å². The molecule has 0 aliphatic heterocycles. The van der Waals surface area contributed by atoms with Gasteiger partial charge >= 0.3 is 0 Å². The maximum Gasteiger partial charge on any atom is 0.287 e. The van der Waals surface area contributed by atoms with Gasteiger partial charge in [-0.05, 0) is 24.3 Å². The molecule has 0 bridgehead atoms. The molecule has 0 radical (unpaired) electrons. The van der Waals surface area contributed by atoms with Crippen molar-refractivity contribution in [1.29, 1.82) is 0 Å². The number of hydrogen-bond acceptors (Lipinski definition) is 6. The van der Waals surface area contributed by atoms with Crippen LogP contribution >= 0.6 is 0 Å². The Morgan fingerprint density at radius 3 is 2.70 bits per heavy atom. The van der Waals surface area contributed by atoms with E-state index in [4.69, 9.17) is 10.2 Å². The molecular formula is C18H17N5O4. The quantitative estimate of drug-likeness (QED) is 0.583. The highest BCUT2D eigenvalue weighted by Crippen LogP contribution is 2.21. The first-order valence-corrected chi connectivity index (χ1v) is 8.07. The zero-order valence-electron chi connectivity index (χ0n) is 14.5. The number of carbonyl (C=O) groups excluding carboxylic acids is 3. The Hall–Kier alpha value is -3.75. The maximum atomic E-state index is 12.8. The second kappa shape index (κ2) is 7.65. The van der Waals surface area contributed by atoms with E-state index in [0.717, 1.165) is 0 Å². The van der Waals surface area contributed by atoms with Gasteiger partial charge < -0.3 is 15.5 Å². The minimum atomic E-state index is -1.15. The summed E-state index contributed by atoms with van der Waals surface area (Å²) >= 11 is 0. The Labute approximate surface area is 154 Å². The molecule has 0 aliphatic rings. The molecule has 0 spiro atoms. The summed E-state index contributed by atoms with van der Waals surface area (Å²) in [5.74, 6) is -2.19. The number of ketones is 1. The summed E-state index contributed by atoms with van der Waals surface area (Å²) in [7, 11) is 1.68. The molecule has 0 aliphatic carbocycles. The number of nitrogens with zero attached hydrogens (tertiary/aromatic N) is 3. The minimum Gasteiger partial charge on any atom is -0.469 e. The number of Topliss-reactive ketones (excluding diaryl/α,β-unsaturated/α-hetero) is 1. The lowest BCUT2D eigenvalue weighted by Gasteiger charge is -2.15. The van der Waals surface area contributed by atoms with Gasteiger partial charge in [0.15, 0.2) is 0 Å². The molecule has 3 aromatic rings. The van der Waals surface area contributed by atoms with Crippen LogP contribution in [0.3, 0.4) is 0 Å². The van der Waals surface area contributed by atoms with Crippen LogP contribution in [0.5, 0.6) is 0 Å². The van der Waals surface area contributed by atoms with E-state index in [2.05, 4.69) is 15.4 Å². The summed E-state index contributed by atoms with van der Waals surface area (Å²) in [4.78, 5) is 40.5. The first kappa shape index (κ1) is 18.1. The van der Waals surface area contributed by atoms with Crippen molar-refractivity contribution in [3.05, 3.63) is 60.3 Å². The van der Waals surface area contributed by atoms with Gasteiger partial charge in [-0.1, -0.05) is 6.07 Å². The molecule has 3 rings (SSSR count). The Morgan fingerprint density at radius 2 is 2.07 bits per heavy atom. The van der Waals surface area contributed by atoms with Gasteiger partial charge in [-0.2, -0.15) is 5.10 Å². The smallest absolute Gasteiger partial charge is 0.287 e. The first-order chi connectivity index (χ1) is 13.0. The predicted octanol–water partition coefficient (Wildman–Crippen LogP) is 0.471. The molecule has 0 aromatic carbocycles. The van der Waals surface area contributed by atoms with Crippen molar-refractivity contribution in [3.8, 4) is 11.4 Å². The second-order valence-electron chi connectivity index (χ2n) is 5.78. The second-order valence-corrected chi connectivity index (χ2v) is 5.78. The number of aromatic nitrogens is 3. The molecule has 138 valence electrons. The SMILES string of the molecule is Cn1ncc(C(=O)NC(Cc2ccco2)C(=O)C(N)=O)c1-c1ccccn1. The number of carbonyl (C=O) groups is 3. The van der Waals surface area contributed by atoms with Crippen LogP contribution in [-0.4, -0.2) is 38.4 Å². The van der Waals surface area contributed by atoms with E-state index in [1.165, 1.54) is 17.1 Å². The molecule has 0 fully saturated rings. The lowest BCUT2D eigenvalue weighted by Crippen LogP contribution is -2.47. The molecule has 1 atom stereocenters. The van der Waals surface area contributed by atoms with Crippen LogP contribution in [0.25, 0.3) is 11.4 Å². The van der Waals surface area contributed by atoms with Crippen molar-refractivity contribution >= 4 is 17.6 Å². The van der Waals surface area contributed by atoms with Crippen molar-refractivity contribution < 1.29 is 18.8 Å². The molecule has 2 amide bonds. The van der Waals surface area contributed by atoms with E-state index in [0.29, 0.717) is 17.1 Å². The highest BCUT2D eigenvalue weighted by Gasteiger charge is 2.28. The van der Waals surface area contributed by atoms with Gasteiger partial charge in [-0.3, -0.25) is 24.0 Å². The zero-order valence-corrected chi connectivity index (χ0v) is 14.5. The summed E-state index contributed by atoms with van der Waals surface area (Å²) in [5.41, 5.74) is 6.36. The average molecular weight is 367 g/mol. The molecule has 1 unspecified atom stereocenters. The van der Waals surface area contributed by atoms with Crippen LogP contribution in [0.1, 0.15) is 16.1 Å². The molecule has 3 heterocycles. The van der Waals surface area contributed by atoms with Gasteiger partial charge in [0.1, 0.15) is 11.8 Å². The Morgan fingerprint density at radius 1 is 1.26 bits per heavy atom. The number of nitrogens with one attached hydrogen (secondary N) is 1. The zero-order chi connectivity index (χ0) is 19.4. The molecule has 9 nitrogen and oxygen atoms in total. The fraction of sp³-hybridized carbons (Fsp3) is 0.167. The molecule has 3 aromatic heterocycles. The van der Waals surface area contributed by atoms with E-state index < -0.39 is 23.6 Å². The van der Waals surface area contributed by atoms with Crippen LogP contribution in [-0.2, 0) is 23.1 Å². The molecule has 27 heavy (non-hydrogen) atoms. The van der Waals surface area contributed by atoms with Crippen LogP contribution in [0.2, 0.25) is 0 Å². The number of hydrogen-bond donors (Lipinski definition) is 2. The van der Waals surface area contributed by atoms with Crippen LogP contribution in [0, 0.1) is 0 Å². The van der Waals surface area contributed by atoms with E-state index in [9.17, 15) is 14.4 Å². The Kier molecular flexibility index (Phi) is 5.11. The van der Waals surface area contributed by atoms with Crippen molar-refractivity contribution in [2.75, 3.05) is 0 Å². The highest BCUT2D eigenvalue weighted by molar-refractivity contribution is 6.38. The fourth-order valence-corrected chi connectivity index (χ4v) is 2.66. The Balaban J connectivity index is 1.88. The third-order valence-corrected chi connectivity index (χ3v) is 3.94. The van der Waals surface area contributed by atoms with Crippen molar-refractivity contribution in [2.24, 2.45) is 12.8 Å². The van der Waals surface area contributed by atoms with Crippen LogP contribution < -0.4 is 11.1 Å². The molecule has 0 saturated carbocycles. The van der Waals surface area contributed by atoms with Crippen LogP contribution in [0.4, 0.5) is 0 Å². The molecule has 3 N–H and O–H groups in total. The van der Waals surface area contributed by atoms with E-state index in [1.807, 2.05) is 0 Å². The number of furan rings is 1. The number of nitrogens with two attached hydrogens (primary N) is 1. The average Bonchev–Trinajstić information content (AvgIpc) is 3.30. The summed E-state index contributed by atoms with van der Waals surface area (Å²) in [6.45, 7) is 0. The minimum absolute atomic E-state index is 0.000302. The summed E-state index contributed by atoms with van der Waals surface area (Å²) in [6, 6.07) is 7.40. The lowest BCUT2D eigenvalue weighted by molar-refractivity contribution is -0.137. The van der Waals surface area contributed by atoms with Crippen LogP contribution in [0.15, 0.2) is 53.4 Å². The van der Waals surface area contributed by atoms with Gasteiger partial charge in [0.25, 0.3) is 11.8 Å². The van der Waals surface area contributed by atoms with Gasteiger partial charge in [0.2, 0.25) is 5.78 Å². The molecule has 0 saturated heterocycles. The third kappa shape index (κ3) is 3.92. The van der Waals surface area contributed by atoms with Gasteiger partial charge in [-0.15, -0.1) is 0 Å². The molecular weight excluding hydrogens is 350 g/mol. The highest BCUT2D eigenvalue weighted by atomic mass is 16.3. The summed E-state index contributed by atoms with van der Waals surface area (Å²) < 4.78 is 6.70. The maximum absolute atomic E-state index is 12.8. The van der Waals surface area contributed by atoms with E-state index in [-0.39, 0.29) is 12.0 Å². The predicted molar refractivity (Wildman–Crippen MR) is 94.3 cm³/mol. The fourth-order valence-electron chi connectivity index (χ4n) is 2.66. The van der Waals surface area contributed by atoms with E-state index >= 15 is 0 Å². The van der Waals surface area contributed by atoms with Crippen molar-refractivity contribution in [1.82, 2.24) is 20.1 Å². The topological polar surface area (TPSA) is 133 Å². The Bertz CT molecular complexity index is 963. The summed E-state index contributed by atoms with van der Waals surface area (Å²) in [6.07, 6.45) is 4.40. The standard InChI is InChI=1S/C18H17N5O4/c1-23-15(13-6-2-3-7-20-13)12(10-21-23)18(26)22-14(16(24)17(19)25)9-11-5-4-8-27-11/h2-8,10,14H,9H2,1H3,(H2,19,25)(H,22,26). The van der Waals surface area contributed by atoms with Crippen molar-refractivity contribution in [3.63, 3.8) is 0 Å². The molecule has 9 heteroatoms.